The number of benzene rings is 2. The van der Waals surface area contributed by atoms with Crippen LogP contribution in [0, 0.1) is 0 Å². The lowest BCUT2D eigenvalue weighted by molar-refractivity contribution is 0.468. The summed E-state index contributed by atoms with van der Waals surface area (Å²) in [6.07, 6.45) is 3.39. The Hall–Kier alpha value is -2.06. The Morgan fingerprint density at radius 2 is 1.76 bits per heavy atom. The minimum Gasteiger partial charge on any atom is -0.357 e. The molecule has 106 valence electrons. The quantitative estimate of drug-likeness (QED) is 0.744. The zero-order chi connectivity index (χ0) is 14.1. The van der Waals surface area contributed by atoms with E-state index in [9.17, 15) is 0 Å². The van der Waals surface area contributed by atoms with Crippen molar-refractivity contribution in [3.05, 3.63) is 71.4 Å². The smallest absolute Gasteiger partial charge is 0.0479 e. The van der Waals surface area contributed by atoms with Crippen molar-refractivity contribution in [3.8, 4) is 0 Å². The third kappa shape index (κ3) is 2.36. The van der Waals surface area contributed by atoms with Crippen molar-refractivity contribution in [3.63, 3.8) is 0 Å². The number of nitrogens with one attached hydrogen (secondary N) is 2. The van der Waals surface area contributed by atoms with Gasteiger partial charge < -0.3 is 10.3 Å². The third-order valence-corrected chi connectivity index (χ3v) is 4.53. The van der Waals surface area contributed by atoms with Gasteiger partial charge in [-0.25, -0.2) is 0 Å². The molecule has 2 N–H and O–H groups in total. The van der Waals surface area contributed by atoms with Crippen molar-refractivity contribution in [1.82, 2.24) is 10.3 Å². The molecule has 0 spiro atoms. The predicted octanol–water partition coefficient (Wildman–Crippen LogP) is 3.99. The Morgan fingerprint density at radius 1 is 0.952 bits per heavy atom. The van der Waals surface area contributed by atoms with Crippen LogP contribution in [0.2, 0.25) is 0 Å². The Morgan fingerprint density at radius 3 is 2.67 bits per heavy atom. The fourth-order valence-corrected chi connectivity index (χ4v) is 3.46. The molecule has 1 aromatic heterocycles. The average molecular weight is 276 g/mol. The van der Waals surface area contributed by atoms with Crippen molar-refractivity contribution in [2.75, 3.05) is 6.54 Å². The molecule has 0 amide bonds. The van der Waals surface area contributed by atoms with E-state index in [0.717, 1.165) is 25.8 Å². The first kappa shape index (κ1) is 12.7. The molecule has 1 atom stereocenters. The fourth-order valence-electron chi connectivity index (χ4n) is 3.46. The van der Waals surface area contributed by atoms with Gasteiger partial charge in [0, 0.05) is 22.6 Å². The molecular formula is C19H20N2. The summed E-state index contributed by atoms with van der Waals surface area (Å²) in [5.41, 5.74) is 5.61. The molecule has 4 rings (SSSR count). The van der Waals surface area contributed by atoms with Crippen molar-refractivity contribution in [2.45, 2.75) is 25.3 Å². The van der Waals surface area contributed by atoms with Crippen LogP contribution in [-0.2, 0) is 12.8 Å². The van der Waals surface area contributed by atoms with Gasteiger partial charge >= 0.3 is 0 Å². The van der Waals surface area contributed by atoms with E-state index >= 15 is 0 Å². The number of H-pyrrole nitrogens is 1. The van der Waals surface area contributed by atoms with Gasteiger partial charge in [0.15, 0.2) is 0 Å². The minimum atomic E-state index is 0.446. The van der Waals surface area contributed by atoms with Gasteiger partial charge in [-0.3, -0.25) is 0 Å². The molecule has 2 heteroatoms. The molecule has 3 aromatic rings. The van der Waals surface area contributed by atoms with Gasteiger partial charge in [0.1, 0.15) is 0 Å². The van der Waals surface area contributed by atoms with Gasteiger partial charge in [-0.05, 0) is 43.0 Å². The molecule has 1 unspecified atom stereocenters. The molecule has 0 saturated heterocycles. The number of fused-ring (bicyclic) bond motifs is 3. The van der Waals surface area contributed by atoms with E-state index < -0.39 is 0 Å². The number of hydrogen-bond donors (Lipinski definition) is 2. The highest BCUT2D eigenvalue weighted by molar-refractivity contribution is 5.85. The largest absolute Gasteiger partial charge is 0.357 e. The highest BCUT2D eigenvalue weighted by atomic mass is 15.0. The van der Waals surface area contributed by atoms with Crippen LogP contribution < -0.4 is 5.32 Å². The summed E-state index contributed by atoms with van der Waals surface area (Å²) >= 11 is 0. The normalized spacial score (nSPS) is 17.8. The van der Waals surface area contributed by atoms with Crippen LogP contribution in [0.3, 0.4) is 0 Å². The number of aromatic nitrogens is 1. The molecule has 1 aliphatic rings. The summed E-state index contributed by atoms with van der Waals surface area (Å²) in [6.45, 7) is 1.08. The van der Waals surface area contributed by atoms with Crippen molar-refractivity contribution < 1.29 is 0 Å². The van der Waals surface area contributed by atoms with Gasteiger partial charge in [-0.2, -0.15) is 0 Å². The molecule has 0 radical (unpaired) electrons. The molecular weight excluding hydrogens is 256 g/mol. The molecule has 1 aliphatic heterocycles. The van der Waals surface area contributed by atoms with Gasteiger partial charge in [-0.1, -0.05) is 48.5 Å². The SMILES string of the molecule is c1ccc(CCC2NCCc3c2[nH]c2ccccc32)cc1. The van der Waals surface area contributed by atoms with Crippen LogP contribution >= 0.6 is 0 Å². The molecule has 0 fully saturated rings. The average Bonchev–Trinajstić information content (AvgIpc) is 2.93. The van der Waals surface area contributed by atoms with E-state index in [0.29, 0.717) is 6.04 Å². The van der Waals surface area contributed by atoms with Crippen LogP contribution in [-0.4, -0.2) is 11.5 Å². The van der Waals surface area contributed by atoms with Gasteiger partial charge in [0.05, 0.1) is 0 Å². The Bertz CT molecular complexity index is 743. The topological polar surface area (TPSA) is 27.8 Å². The summed E-state index contributed by atoms with van der Waals surface area (Å²) in [7, 11) is 0. The van der Waals surface area contributed by atoms with E-state index in [2.05, 4.69) is 64.9 Å². The molecule has 2 nitrogen and oxygen atoms in total. The van der Waals surface area contributed by atoms with Crippen LogP contribution in [0.5, 0.6) is 0 Å². The zero-order valence-electron chi connectivity index (χ0n) is 12.1. The molecule has 0 saturated carbocycles. The number of hydrogen-bond acceptors (Lipinski definition) is 1. The lowest BCUT2D eigenvalue weighted by Crippen LogP contribution is -2.30. The van der Waals surface area contributed by atoms with E-state index in [1.165, 1.54) is 27.7 Å². The van der Waals surface area contributed by atoms with Crippen molar-refractivity contribution in [2.24, 2.45) is 0 Å². The van der Waals surface area contributed by atoms with Crippen molar-refractivity contribution in [1.29, 1.82) is 0 Å². The van der Waals surface area contributed by atoms with Crippen molar-refractivity contribution >= 4 is 10.9 Å². The maximum atomic E-state index is 3.68. The maximum Gasteiger partial charge on any atom is 0.0479 e. The van der Waals surface area contributed by atoms with E-state index in [4.69, 9.17) is 0 Å². The van der Waals surface area contributed by atoms with Crippen LogP contribution in [0.15, 0.2) is 54.6 Å². The minimum absolute atomic E-state index is 0.446. The van der Waals surface area contributed by atoms with Crippen LogP contribution in [0.1, 0.15) is 29.3 Å². The van der Waals surface area contributed by atoms with Gasteiger partial charge in [0.25, 0.3) is 0 Å². The molecule has 0 bridgehead atoms. The second-order valence-corrected chi connectivity index (χ2v) is 5.84. The first-order chi connectivity index (χ1) is 10.4. The molecule has 21 heavy (non-hydrogen) atoms. The van der Waals surface area contributed by atoms with E-state index in [-0.39, 0.29) is 0 Å². The summed E-state index contributed by atoms with van der Waals surface area (Å²) in [5.74, 6) is 0. The van der Waals surface area contributed by atoms with E-state index in [1.54, 1.807) is 0 Å². The van der Waals surface area contributed by atoms with E-state index in [1.807, 2.05) is 0 Å². The Labute approximate surface area is 125 Å². The Balaban J connectivity index is 1.61. The second kappa shape index (κ2) is 5.38. The summed E-state index contributed by atoms with van der Waals surface area (Å²) in [5, 5.41) is 5.08. The summed E-state index contributed by atoms with van der Waals surface area (Å²) < 4.78 is 0. The number of aromatic amines is 1. The zero-order valence-corrected chi connectivity index (χ0v) is 12.1. The first-order valence-electron chi connectivity index (χ1n) is 7.78. The van der Waals surface area contributed by atoms with Gasteiger partial charge in [0.2, 0.25) is 0 Å². The molecule has 2 heterocycles. The number of rotatable bonds is 3. The molecule has 2 aromatic carbocycles. The number of aryl methyl sites for hydroxylation is 1. The summed E-state index contributed by atoms with van der Waals surface area (Å²) in [6, 6.07) is 19.9. The highest BCUT2D eigenvalue weighted by Crippen LogP contribution is 2.31. The number of para-hydroxylation sites is 1. The predicted molar refractivity (Wildman–Crippen MR) is 87.5 cm³/mol. The van der Waals surface area contributed by atoms with Gasteiger partial charge in [-0.15, -0.1) is 0 Å². The molecule has 0 aliphatic carbocycles. The highest BCUT2D eigenvalue weighted by Gasteiger charge is 2.23. The lowest BCUT2D eigenvalue weighted by atomic mass is 9.95. The summed E-state index contributed by atoms with van der Waals surface area (Å²) in [4.78, 5) is 3.64. The third-order valence-electron chi connectivity index (χ3n) is 4.53. The maximum absolute atomic E-state index is 3.68. The standard InChI is InChI=1S/C19H20N2/c1-2-6-14(7-3-1)10-11-18-19-16(12-13-20-18)15-8-4-5-9-17(15)21-19/h1-9,18,20-21H,10-13H2. The lowest BCUT2D eigenvalue weighted by Gasteiger charge is -2.24. The van der Waals surface area contributed by atoms with Crippen LogP contribution in [0.25, 0.3) is 10.9 Å². The fraction of sp³-hybridized carbons (Fsp3) is 0.263. The monoisotopic (exact) mass is 276 g/mol. The second-order valence-electron chi connectivity index (χ2n) is 5.84. The first-order valence-corrected chi connectivity index (χ1v) is 7.78. The Kier molecular flexibility index (Phi) is 3.24. The van der Waals surface area contributed by atoms with Crippen LogP contribution in [0.4, 0.5) is 0 Å².